The second kappa shape index (κ2) is 8.53. The first-order chi connectivity index (χ1) is 16.0. The third kappa shape index (κ3) is 4.11. The number of carbonyl (C=O) groups is 1. The van der Waals surface area contributed by atoms with Crippen molar-refractivity contribution in [3.63, 3.8) is 0 Å². The minimum absolute atomic E-state index is 0.0718. The van der Waals surface area contributed by atoms with Crippen molar-refractivity contribution >= 4 is 22.8 Å². The zero-order chi connectivity index (χ0) is 22.9. The van der Waals surface area contributed by atoms with Crippen LogP contribution in [-0.4, -0.2) is 50.0 Å². The van der Waals surface area contributed by atoms with Gasteiger partial charge in [0.15, 0.2) is 17.5 Å². The van der Waals surface area contributed by atoms with E-state index in [4.69, 9.17) is 4.52 Å². The summed E-state index contributed by atoms with van der Waals surface area (Å²) < 4.78 is 32.2. The Morgan fingerprint density at radius 2 is 1.97 bits per heavy atom. The van der Waals surface area contributed by atoms with E-state index in [2.05, 4.69) is 25.4 Å². The first kappa shape index (κ1) is 20.9. The fourth-order valence-corrected chi connectivity index (χ4v) is 4.05. The van der Waals surface area contributed by atoms with Crippen LogP contribution in [-0.2, 0) is 0 Å². The van der Waals surface area contributed by atoms with Gasteiger partial charge in [-0.15, -0.1) is 0 Å². The van der Waals surface area contributed by atoms with Crippen molar-refractivity contribution in [3.8, 4) is 11.5 Å². The van der Waals surface area contributed by atoms with Gasteiger partial charge in [-0.1, -0.05) is 17.3 Å². The number of fused-ring (bicyclic) bond motifs is 1. The van der Waals surface area contributed by atoms with Gasteiger partial charge in [-0.05, 0) is 31.9 Å². The fraction of sp³-hybridized carbons (Fsp3) is 0.261. The van der Waals surface area contributed by atoms with Crippen LogP contribution >= 0.6 is 0 Å². The minimum atomic E-state index is -0.975. The number of rotatable bonds is 5. The Hall–Kier alpha value is -3.95. The number of hydrogen-bond acceptors (Lipinski definition) is 7. The Kier molecular flexibility index (Phi) is 5.41. The second-order valence-electron chi connectivity index (χ2n) is 7.88. The fourth-order valence-electron chi connectivity index (χ4n) is 4.05. The normalized spacial score (nSPS) is 15.8. The number of aryl methyl sites for hydroxylation is 1. The number of hydrogen-bond donors (Lipinski definition) is 1. The van der Waals surface area contributed by atoms with Crippen LogP contribution < -0.4 is 5.32 Å². The van der Waals surface area contributed by atoms with Gasteiger partial charge in [-0.3, -0.25) is 9.78 Å². The highest BCUT2D eigenvalue weighted by atomic mass is 19.2. The number of nitrogens with zero attached hydrogens (tertiary/aromatic N) is 5. The molecule has 5 rings (SSSR count). The van der Waals surface area contributed by atoms with E-state index >= 15 is 0 Å². The Morgan fingerprint density at radius 3 is 2.76 bits per heavy atom. The lowest BCUT2D eigenvalue weighted by molar-refractivity contribution is 0.0744. The van der Waals surface area contributed by atoms with Crippen molar-refractivity contribution < 1.29 is 18.1 Å². The summed E-state index contributed by atoms with van der Waals surface area (Å²) in [5, 5.41) is 7.00. The van der Waals surface area contributed by atoms with E-state index in [-0.39, 0.29) is 23.0 Å². The molecule has 2 aromatic carbocycles. The minimum Gasteiger partial charge on any atom is -0.367 e. The molecule has 0 unspecified atom stereocenters. The molecule has 1 N–H and O–H groups in total. The lowest BCUT2D eigenvalue weighted by Crippen LogP contribution is -2.39. The van der Waals surface area contributed by atoms with Gasteiger partial charge in [0.25, 0.3) is 11.8 Å². The molecule has 1 aliphatic heterocycles. The molecule has 1 aliphatic rings. The molecule has 8 nitrogen and oxygen atoms in total. The summed E-state index contributed by atoms with van der Waals surface area (Å²) >= 11 is 0. The van der Waals surface area contributed by atoms with Gasteiger partial charge in [0.1, 0.15) is 5.82 Å². The van der Waals surface area contributed by atoms with Gasteiger partial charge in [0, 0.05) is 31.3 Å². The van der Waals surface area contributed by atoms with Crippen LogP contribution in [0.2, 0.25) is 0 Å². The number of aromatic nitrogens is 4. The first-order valence-corrected chi connectivity index (χ1v) is 10.6. The average Bonchev–Trinajstić information content (AvgIpc) is 3.47. The standard InChI is InChI=1S/C23H20F2N6O2/c1-13-28-22(33-30-13)15-6-2-3-7-16(15)23(32)31-8-4-5-14(31)11-27-21-12-26-19-9-17(24)18(25)10-20(19)29-21/h2-3,6-7,9-10,12,14H,4-5,8,11H2,1H3,(H,27,29)/t14-/m0/s1. The van der Waals surface area contributed by atoms with Crippen LogP contribution in [0.5, 0.6) is 0 Å². The van der Waals surface area contributed by atoms with E-state index in [1.54, 1.807) is 25.1 Å². The first-order valence-electron chi connectivity index (χ1n) is 10.6. The molecule has 4 aromatic rings. The third-order valence-corrected chi connectivity index (χ3v) is 5.66. The molecule has 0 radical (unpaired) electrons. The molecule has 1 atom stereocenters. The van der Waals surface area contributed by atoms with Crippen molar-refractivity contribution in [2.75, 3.05) is 18.4 Å². The molecule has 0 aliphatic carbocycles. The van der Waals surface area contributed by atoms with Gasteiger partial charge in [-0.2, -0.15) is 4.98 Å². The van der Waals surface area contributed by atoms with Crippen LogP contribution in [0.25, 0.3) is 22.5 Å². The average molecular weight is 450 g/mol. The number of likely N-dealkylation sites (tertiary alicyclic amines) is 1. The summed E-state index contributed by atoms with van der Waals surface area (Å²) in [4.78, 5) is 27.9. The zero-order valence-electron chi connectivity index (χ0n) is 17.8. The van der Waals surface area contributed by atoms with E-state index < -0.39 is 11.6 Å². The Balaban J connectivity index is 1.34. The summed E-state index contributed by atoms with van der Waals surface area (Å²) in [7, 11) is 0. The molecular formula is C23H20F2N6O2. The summed E-state index contributed by atoms with van der Waals surface area (Å²) in [6.45, 7) is 2.79. The maximum Gasteiger partial charge on any atom is 0.258 e. The highest BCUT2D eigenvalue weighted by molar-refractivity contribution is 6.00. The monoisotopic (exact) mass is 450 g/mol. The van der Waals surface area contributed by atoms with Gasteiger partial charge < -0.3 is 14.7 Å². The van der Waals surface area contributed by atoms with Crippen molar-refractivity contribution in [3.05, 3.63) is 65.6 Å². The molecule has 33 heavy (non-hydrogen) atoms. The lowest BCUT2D eigenvalue weighted by atomic mass is 10.1. The third-order valence-electron chi connectivity index (χ3n) is 5.66. The number of benzene rings is 2. The van der Waals surface area contributed by atoms with E-state index in [0.717, 1.165) is 25.0 Å². The Bertz CT molecular complexity index is 1340. The highest BCUT2D eigenvalue weighted by Gasteiger charge is 2.31. The maximum absolute atomic E-state index is 13.5. The number of halogens is 2. The molecule has 10 heteroatoms. The van der Waals surface area contributed by atoms with Gasteiger partial charge in [-0.25, -0.2) is 13.8 Å². The van der Waals surface area contributed by atoms with Crippen molar-refractivity contribution in [2.45, 2.75) is 25.8 Å². The summed E-state index contributed by atoms with van der Waals surface area (Å²) in [6, 6.07) is 9.12. The zero-order valence-corrected chi connectivity index (χ0v) is 17.8. The van der Waals surface area contributed by atoms with Crippen molar-refractivity contribution in [1.82, 2.24) is 25.0 Å². The Labute approximate surface area is 187 Å². The molecule has 0 bridgehead atoms. The van der Waals surface area contributed by atoms with E-state index in [1.165, 1.54) is 6.20 Å². The van der Waals surface area contributed by atoms with E-state index in [0.29, 0.717) is 41.7 Å². The van der Waals surface area contributed by atoms with Crippen LogP contribution in [0, 0.1) is 18.6 Å². The van der Waals surface area contributed by atoms with Gasteiger partial charge in [0.05, 0.1) is 28.4 Å². The maximum atomic E-state index is 13.5. The highest BCUT2D eigenvalue weighted by Crippen LogP contribution is 2.27. The summed E-state index contributed by atoms with van der Waals surface area (Å²) in [5.74, 6) is -0.831. The summed E-state index contributed by atoms with van der Waals surface area (Å²) in [5.41, 5.74) is 1.61. The molecule has 2 aromatic heterocycles. The number of amides is 1. The summed E-state index contributed by atoms with van der Waals surface area (Å²) in [6.07, 6.45) is 3.16. The Morgan fingerprint density at radius 1 is 1.18 bits per heavy atom. The molecule has 1 saturated heterocycles. The number of nitrogens with one attached hydrogen (secondary N) is 1. The topological polar surface area (TPSA) is 97.0 Å². The van der Waals surface area contributed by atoms with Crippen LogP contribution in [0.1, 0.15) is 29.0 Å². The van der Waals surface area contributed by atoms with E-state index in [9.17, 15) is 13.6 Å². The predicted molar refractivity (Wildman–Crippen MR) is 116 cm³/mol. The quantitative estimate of drug-likeness (QED) is 0.491. The molecule has 1 fully saturated rings. The van der Waals surface area contributed by atoms with Crippen molar-refractivity contribution in [1.29, 1.82) is 0 Å². The largest absolute Gasteiger partial charge is 0.367 e. The van der Waals surface area contributed by atoms with Crippen LogP contribution in [0.15, 0.2) is 47.1 Å². The lowest BCUT2D eigenvalue weighted by Gasteiger charge is -2.26. The van der Waals surface area contributed by atoms with Crippen LogP contribution in [0.4, 0.5) is 14.6 Å². The van der Waals surface area contributed by atoms with E-state index in [1.807, 2.05) is 11.0 Å². The van der Waals surface area contributed by atoms with Crippen LogP contribution in [0.3, 0.4) is 0 Å². The molecule has 168 valence electrons. The van der Waals surface area contributed by atoms with Gasteiger partial charge in [0.2, 0.25) is 0 Å². The molecule has 0 spiro atoms. The number of anilines is 1. The molecule has 0 saturated carbocycles. The smallest absolute Gasteiger partial charge is 0.258 e. The predicted octanol–water partition coefficient (Wildman–Crippen LogP) is 3.98. The number of carbonyl (C=O) groups excluding carboxylic acids is 1. The van der Waals surface area contributed by atoms with Crippen molar-refractivity contribution in [2.24, 2.45) is 0 Å². The van der Waals surface area contributed by atoms with Gasteiger partial charge >= 0.3 is 0 Å². The molecular weight excluding hydrogens is 430 g/mol. The second-order valence-corrected chi connectivity index (χ2v) is 7.88. The SMILES string of the molecule is Cc1noc(-c2ccccc2C(=O)N2CCC[C@H]2CNc2cnc3cc(F)c(F)cc3n2)n1. The molecule has 1 amide bonds. The molecule has 3 heterocycles.